The fourth-order valence-electron chi connectivity index (χ4n) is 1.91. The Kier molecular flexibility index (Phi) is 2.68. The molecule has 0 saturated carbocycles. The zero-order chi connectivity index (χ0) is 13.2. The van der Waals surface area contributed by atoms with Crippen molar-refractivity contribution in [1.82, 2.24) is 19.6 Å². The van der Waals surface area contributed by atoms with Gasteiger partial charge in [-0.1, -0.05) is 0 Å². The van der Waals surface area contributed by atoms with E-state index < -0.39 is 5.97 Å². The zero-order valence-electron chi connectivity index (χ0n) is 9.89. The molecule has 0 radical (unpaired) electrons. The van der Waals surface area contributed by atoms with E-state index in [1.165, 1.54) is 0 Å². The van der Waals surface area contributed by atoms with Gasteiger partial charge >= 0.3 is 5.97 Å². The molecule has 3 rings (SSSR count). The maximum Gasteiger partial charge on any atom is 0.309 e. The summed E-state index contributed by atoms with van der Waals surface area (Å²) in [5.41, 5.74) is 2.18. The molecule has 0 aliphatic rings. The van der Waals surface area contributed by atoms with E-state index in [0.29, 0.717) is 11.5 Å². The molecule has 0 unspecified atom stereocenters. The van der Waals surface area contributed by atoms with Gasteiger partial charge in [0.15, 0.2) is 5.82 Å². The highest BCUT2D eigenvalue weighted by atomic mass is 16.4. The summed E-state index contributed by atoms with van der Waals surface area (Å²) in [7, 11) is 0. The number of carbonyl (C=O) groups is 1. The van der Waals surface area contributed by atoms with E-state index in [-0.39, 0.29) is 6.42 Å². The number of carboxylic acids is 1. The second kappa shape index (κ2) is 4.49. The minimum atomic E-state index is -0.907. The average molecular weight is 254 g/mol. The van der Waals surface area contributed by atoms with Crippen LogP contribution in [0.25, 0.3) is 16.9 Å². The number of aromatic nitrogens is 4. The summed E-state index contributed by atoms with van der Waals surface area (Å²) in [6.45, 7) is 0. The van der Waals surface area contributed by atoms with Gasteiger partial charge in [0, 0.05) is 18.0 Å². The third kappa shape index (κ3) is 2.15. The molecule has 0 bridgehead atoms. The number of fused-ring (bicyclic) bond motifs is 1. The molecule has 3 heterocycles. The zero-order valence-corrected chi connectivity index (χ0v) is 9.89. The molecule has 6 nitrogen and oxygen atoms in total. The van der Waals surface area contributed by atoms with Gasteiger partial charge in [-0.15, -0.1) is 0 Å². The van der Waals surface area contributed by atoms with Gasteiger partial charge in [0.1, 0.15) is 0 Å². The van der Waals surface area contributed by atoms with Crippen LogP contribution >= 0.6 is 0 Å². The minimum absolute atomic E-state index is 0.107. The molecule has 0 aliphatic heterocycles. The van der Waals surface area contributed by atoms with E-state index in [9.17, 15) is 4.79 Å². The normalized spacial score (nSPS) is 10.7. The summed E-state index contributed by atoms with van der Waals surface area (Å²) < 4.78 is 1.71. The van der Waals surface area contributed by atoms with Crippen molar-refractivity contribution in [2.45, 2.75) is 6.42 Å². The maximum absolute atomic E-state index is 10.7. The largest absolute Gasteiger partial charge is 0.481 e. The van der Waals surface area contributed by atoms with Crippen LogP contribution in [0.2, 0.25) is 0 Å². The number of hydrogen-bond donors (Lipinski definition) is 1. The van der Waals surface area contributed by atoms with Gasteiger partial charge in [-0.2, -0.15) is 5.10 Å². The van der Waals surface area contributed by atoms with Gasteiger partial charge in [-0.3, -0.25) is 9.78 Å². The number of hydrogen-bond acceptors (Lipinski definition) is 4. The van der Waals surface area contributed by atoms with E-state index in [4.69, 9.17) is 5.11 Å². The molecular formula is C13H10N4O2. The summed E-state index contributed by atoms with van der Waals surface area (Å²) in [4.78, 5) is 19.0. The Hall–Kier alpha value is -2.76. The summed E-state index contributed by atoms with van der Waals surface area (Å²) in [6, 6.07) is 7.25. The fourth-order valence-corrected chi connectivity index (χ4v) is 1.91. The first-order chi connectivity index (χ1) is 9.24. The molecule has 0 fully saturated rings. The standard InChI is InChI=1S/C13H10N4O2/c18-12(19)7-10-6-9(3-5-14-10)13-15-8-11-2-1-4-16-17(11)13/h1-6,8H,7H2,(H,18,19). The van der Waals surface area contributed by atoms with Gasteiger partial charge < -0.3 is 5.11 Å². The Labute approximate surface area is 108 Å². The quantitative estimate of drug-likeness (QED) is 0.764. The molecule has 3 aromatic rings. The number of nitrogens with zero attached hydrogens (tertiary/aromatic N) is 4. The Bertz CT molecular complexity index is 751. The van der Waals surface area contributed by atoms with Crippen molar-refractivity contribution in [3.63, 3.8) is 0 Å². The van der Waals surface area contributed by atoms with Gasteiger partial charge in [0.25, 0.3) is 0 Å². The lowest BCUT2D eigenvalue weighted by atomic mass is 10.2. The molecule has 1 N–H and O–H groups in total. The predicted molar refractivity (Wildman–Crippen MR) is 67.6 cm³/mol. The van der Waals surface area contributed by atoms with Gasteiger partial charge in [0.05, 0.1) is 23.8 Å². The second-order valence-corrected chi connectivity index (χ2v) is 4.05. The molecule has 0 spiro atoms. The Morgan fingerprint density at radius 3 is 3.00 bits per heavy atom. The molecule has 0 aromatic carbocycles. The van der Waals surface area contributed by atoms with E-state index in [2.05, 4.69) is 15.1 Å². The predicted octanol–water partition coefficient (Wildman–Crippen LogP) is 1.42. The third-order valence-corrected chi connectivity index (χ3v) is 2.71. The first-order valence-corrected chi connectivity index (χ1v) is 5.70. The van der Waals surface area contributed by atoms with Gasteiger partial charge in [0.2, 0.25) is 0 Å². The van der Waals surface area contributed by atoms with E-state index in [0.717, 1.165) is 11.1 Å². The molecule has 94 valence electrons. The van der Waals surface area contributed by atoms with Crippen molar-refractivity contribution < 1.29 is 9.90 Å². The molecule has 0 aliphatic carbocycles. The Morgan fingerprint density at radius 2 is 2.16 bits per heavy atom. The van der Waals surface area contributed by atoms with Crippen LogP contribution in [0.5, 0.6) is 0 Å². The number of pyridine rings is 1. The number of aliphatic carboxylic acids is 1. The van der Waals surface area contributed by atoms with E-state index in [1.54, 1.807) is 35.2 Å². The summed E-state index contributed by atoms with van der Waals surface area (Å²) in [5.74, 6) is -0.236. The van der Waals surface area contributed by atoms with Crippen molar-refractivity contribution in [3.05, 3.63) is 48.5 Å². The average Bonchev–Trinajstić information content (AvgIpc) is 2.82. The minimum Gasteiger partial charge on any atom is -0.481 e. The molecule has 0 atom stereocenters. The van der Waals surface area contributed by atoms with Crippen molar-refractivity contribution in [3.8, 4) is 11.4 Å². The highest BCUT2D eigenvalue weighted by Crippen LogP contribution is 2.18. The molecule has 0 amide bonds. The second-order valence-electron chi connectivity index (χ2n) is 4.05. The van der Waals surface area contributed by atoms with Crippen molar-refractivity contribution in [1.29, 1.82) is 0 Å². The number of rotatable bonds is 3. The Balaban J connectivity index is 2.09. The van der Waals surface area contributed by atoms with Crippen LogP contribution in [0.3, 0.4) is 0 Å². The first kappa shape index (κ1) is 11.3. The summed E-state index contributed by atoms with van der Waals surface area (Å²) >= 11 is 0. The summed E-state index contributed by atoms with van der Waals surface area (Å²) in [6.07, 6.45) is 4.87. The smallest absolute Gasteiger partial charge is 0.309 e. The molecule has 6 heteroatoms. The fraction of sp³-hybridized carbons (Fsp3) is 0.0769. The van der Waals surface area contributed by atoms with Crippen LogP contribution in [0, 0.1) is 0 Å². The lowest BCUT2D eigenvalue weighted by molar-refractivity contribution is -0.136. The number of imidazole rings is 1. The maximum atomic E-state index is 10.7. The highest BCUT2D eigenvalue weighted by Gasteiger charge is 2.09. The van der Waals surface area contributed by atoms with Gasteiger partial charge in [-0.25, -0.2) is 9.50 Å². The summed E-state index contributed by atoms with van der Waals surface area (Å²) in [5, 5.41) is 13.0. The number of carboxylic acid groups (broad SMARTS) is 1. The van der Waals surface area contributed by atoms with Crippen molar-refractivity contribution in [2.24, 2.45) is 0 Å². The van der Waals surface area contributed by atoms with Crippen molar-refractivity contribution in [2.75, 3.05) is 0 Å². The molecule has 19 heavy (non-hydrogen) atoms. The third-order valence-electron chi connectivity index (χ3n) is 2.71. The molecular weight excluding hydrogens is 244 g/mol. The van der Waals surface area contributed by atoms with Crippen molar-refractivity contribution >= 4 is 11.5 Å². The van der Waals surface area contributed by atoms with Crippen LogP contribution in [-0.2, 0) is 11.2 Å². The monoisotopic (exact) mass is 254 g/mol. The topological polar surface area (TPSA) is 80.4 Å². The first-order valence-electron chi connectivity index (χ1n) is 5.70. The van der Waals surface area contributed by atoms with Crippen LogP contribution < -0.4 is 0 Å². The highest BCUT2D eigenvalue weighted by molar-refractivity contribution is 5.70. The van der Waals surface area contributed by atoms with Gasteiger partial charge in [-0.05, 0) is 24.3 Å². The van der Waals surface area contributed by atoms with E-state index in [1.807, 2.05) is 12.1 Å². The molecule has 3 aromatic heterocycles. The van der Waals surface area contributed by atoms with E-state index >= 15 is 0 Å². The van der Waals surface area contributed by atoms with Crippen LogP contribution in [-0.4, -0.2) is 30.7 Å². The molecule has 0 saturated heterocycles. The SMILES string of the molecule is O=C(O)Cc1cc(-c2ncc3cccnn23)ccn1. The van der Waals surface area contributed by atoms with Crippen LogP contribution in [0.4, 0.5) is 0 Å². The lowest BCUT2D eigenvalue weighted by Crippen LogP contribution is -2.02. The Morgan fingerprint density at radius 1 is 1.26 bits per heavy atom. The lowest BCUT2D eigenvalue weighted by Gasteiger charge is -2.02. The van der Waals surface area contributed by atoms with Crippen LogP contribution in [0.15, 0.2) is 42.9 Å². The van der Waals surface area contributed by atoms with Crippen LogP contribution in [0.1, 0.15) is 5.69 Å².